The van der Waals surface area contributed by atoms with Crippen molar-refractivity contribution in [2.45, 2.75) is 42.7 Å². The molecule has 4 saturated heterocycles. The molecule has 9 nitrogen and oxygen atoms in total. The van der Waals surface area contributed by atoms with E-state index in [1.165, 1.54) is 11.8 Å². The molecule has 2 aromatic carbocycles. The van der Waals surface area contributed by atoms with E-state index < -0.39 is 9.84 Å². The van der Waals surface area contributed by atoms with Crippen molar-refractivity contribution in [3.05, 3.63) is 65.7 Å². The molecule has 0 aliphatic carbocycles. The molecular weight excluding hydrogens is 588 g/mol. The van der Waals surface area contributed by atoms with E-state index in [0.29, 0.717) is 39.4 Å². The van der Waals surface area contributed by atoms with Crippen LogP contribution in [0.3, 0.4) is 0 Å². The number of nitrogens with zero attached hydrogens (tertiary/aromatic N) is 3. The van der Waals surface area contributed by atoms with Crippen LogP contribution < -0.4 is 5.32 Å². The summed E-state index contributed by atoms with van der Waals surface area (Å²) >= 11 is 0. The Balaban J connectivity index is 0.00000368. The molecule has 0 aromatic heterocycles. The molecule has 1 N–H and O–H groups in total. The summed E-state index contributed by atoms with van der Waals surface area (Å²) in [5.74, 6) is 0.799. The third-order valence-electron chi connectivity index (χ3n) is 9.94. The summed E-state index contributed by atoms with van der Waals surface area (Å²) in [6.45, 7) is 6.70. The zero-order chi connectivity index (χ0) is 29.3. The Morgan fingerprint density at radius 2 is 1.60 bits per heavy atom. The molecule has 2 amide bonds. The molecular formula is C32H43ClN4O5S. The van der Waals surface area contributed by atoms with Crippen molar-refractivity contribution < 1.29 is 22.7 Å². The maximum atomic E-state index is 14.2. The summed E-state index contributed by atoms with van der Waals surface area (Å²) in [5.41, 5.74) is 1.82. The van der Waals surface area contributed by atoms with Crippen LogP contribution in [0.1, 0.15) is 36.3 Å². The molecule has 0 saturated carbocycles. The standard InChI is InChI=1S/C32H42N4O5S.ClH/c1-42(39,40)26-9-7-24(8-10-26)23-36-16-13-32(31(36)38)11-14-34(15-12-32)29(30(37)35-17-19-41-20-18-35)28-22-33-21-27(28)25-5-3-2-4-6-25;/h2-10,27-29,33H,11-23H2,1H3;1H/t27-,28-,29?;/m1./s1. The number of benzene rings is 2. The number of rotatable bonds is 7. The van der Waals surface area contributed by atoms with Crippen molar-refractivity contribution in [3.63, 3.8) is 0 Å². The molecule has 4 aliphatic heterocycles. The summed E-state index contributed by atoms with van der Waals surface area (Å²) in [6.07, 6.45) is 3.52. The fourth-order valence-electron chi connectivity index (χ4n) is 7.48. The fourth-order valence-corrected chi connectivity index (χ4v) is 8.11. The zero-order valence-corrected chi connectivity index (χ0v) is 26.5. The van der Waals surface area contributed by atoms with Crippen molar-refractivity contribution in [3.8, 4) is 0 Å². The molecule has 4 aliphatic rings. The monoisotopic (exact) mass is 630 g/mol. The molecule has 234 valence electrons. The number of carbonyl (C=O) groups excluding carboxylic acids is 2. The summed E-state index contributed by atoms with van der Waals surface area (Å²) in [4.78, 5) is 34.5. The highest BCUT2D eigenvalue weighted by Gasteiger charge is 2.51. The number of amides is 2. The Morgan fingerprint density at radius 1 is 0.953 bits per heavy atom. The van der Waals surface area contributed by atoms with Crippen LogP contribution in [0.15, 0.2) is 59.5 Å². The molecule has 4 fully saturated rings. The first-order chi connectivity index (χ1) is 20.2. The minimum Gasteiger partial charge on any atom is -0.378 e. The second kappa shape index (κ2) is 13.2. The number of morpholine rings is 1. The Kier molecular flexibility index (Phi) is 9.83. The van der Waals surface area contributed by atoms with Crippen LogP contribution >= 0.6 is 12.4 Å². The van der Waals surface area contributed by atoms with Crippen molar-refractivity contribution >= 4 is 34.1 Å². The van der Waals surface area contributed by atoms with Crippen molar-refractivity contribution in [2.75, 3.05) is 65.3 Å². The van der Waals surface area contributed by atoms with E-state index in [1.54, 1.807) is 24.3 Å². The van der Waals surface area contributed by atoms with Crippen molar-refractivity contribution in [1.82, 2.24) is 20.0 Å². The second-order valence-electron chi connectivity index (χ2n) is 12.4. The van der Waals surface area contributed by atoms with Crippen LogP contribution in [-0.2, 0) is 30.7 Å². The van der Waals surface area contributed by atoms with Gasteiger partial charge in [0.25, 0.3) is 0 Å². The van der Waals surface area contributed by atoms with E-state index in [4.69, 9.17) is 4.74 Å². The van der Waals surface area contributed by atoms with E-state index in [9.17, 15) is 18.0 Å². The fraction of sp³-hybridized carbons (Fsp3) is 0.562. The van der Waals surface area contributed by atoms with Gasteiger partial charge >= 0.3 is 0 Å². The SMILES string of the molecule is CS(=O)(=O)c1ccc(CN2CCC3(CCN(C(C(=O)N4CCOCC4)[C@@H]4CNC[C@@H]4c4ccccc4)CC3)C2=O)cc1.Cl. The van der Waals surface area contributed by atoms with E-state index in [-0.39, 0.29) is 52.4 Å². The van der Waals surface area contributed by atoms with Crippen molar-refractivity contribution in [1.29, 1.82) is 0 Å². The first-order valence-electron chi connectivity index (χ1n) is 15.2. The molecule has 11 heteroatoms. The Bertz CT molecular complexity index is 1380. The van der Waals surface area contributed by atoms with E-state index in [0.717, 1.165) is 51.0 Å². The number of piperidine rings is 1. The van der Waals surface area contributed by atoms with Gasteiger partial charge < -0.3 is 19.9 Å². The van der Waals surface area contributed by atoms with Crippen LogP contribution in [0.5, 0.6) is 0 Å². The van der Waals surface area contributed by atoms with E-state index in [2.05, 4.69) is 34.5 Å². The topological polar surface area (TPSA) is 99.3 Å². The molecule has 1 unspecified atom stereocenters. The Morgan fingerprint density at radius 3 is 2.26 bits per heavy atom. The molecule has 0 bridgehead atoms. The first kappa shape index (κ1) is 31.9. The maximum Gasteiger partial charge on any atom is 0.240 e. The largest absolute Gasteiger partial charge is 0.378 e. The van der Waals surface area contributed by atoms with Gasteiger partial charge in [-0.15, -0.1) is 12.4 Å². The van der Waals surface area contributed by atoms with Gasteiger partial charge in [-0.3, -0.25) is 14.5 Å². The van der Waals surface area contributed by atoms with Gasteiger partial charge in [-0.25, -0.2) is 8.42 Å². The number of ether oxygens (including phenoxy) is 1. The summed E-state index contributed by atoms with van der Waals surface area (Å²) in [6, 6.07) is 17.1. The summed E-state index contributed by atoms with van der Waals surface area (Å²) in [5, 5.41) is 3.58. The van der Waals surface area contributed by atoms with Crippen LogP contribution in [0.2, 0.25) is 0 Å². The van der Waals surface area contributed by atoms with Crippen LogP contribution in [0.25, 0.3) is 0 Å². The lowest BCUT2D eigenvalue weighted by atomic mass is 9.75. The Hall–Kier alpha value is -2.50. The first-order valence-corrected chi connectivity index (χ1v) is 17.1. The number of likely N-dealkylation sites (tertiary alicyclic amines) is 2. The second-order valence-corrected chi connectivity index (χ2v) is 14.4. The normalized spacial score (nSPS) is 25.1. The molecule has 1 spiro atoms. The van der Waals surface area contributed by atoms with E-state index in [1.807, 2.05) is 15.9 Å². The van der Waals surface area contributed by atoms with Crippen LogP contribution in [0, 0.1) is 11.3 Å². The van der Waals surface area contributed by atoms with Gasteiger partial charge in [0.2, 0.25) is 11.8 Å². The average Bonchev–Trinajstić information content (AvgIpc) is 3.60. The number of hydrogen-bond donors (Lipinski definition) is 1. The average molecular weight is 631 g/mol. The van der Waals surface area contributed by atoms with Gasteiger partial charge in [0.15, 0.2) is 9.84 Å². The lowest BCUT2D eigenvalue weighted by Crippen LogP contribution is -2.58. The predicted molar refractivity (Wildman–Crippen MR) is 167 cm³/mol. The quantitative estimate of drug-likeness (QED) is 0.502. The minimum atomic E-state index is -3.25. The molecule has 4 heterocycles. The van der Waals surface area contributed by atoms with Gasteiger partial charge in [-0.05, 0) is 55.6 Å². The zero-order valence-electron chi connectivity index (χ0n) is 24.8. The van der Waals surface area contributed by atoms with Crippen molar-refractivity contribution in [2.24, 2.45) is 11.3 Å². The smallest absolute Gasteiger partial charge is 0.240 e. The Labute approximate surface area is 261 Å². The minimum absolute atomic E-state index is 0. The van der Waals surface area contributed by atoms with E-state index >= 15 is 0 Å². The third kappa shape index (κ3) is 6.63. The molecule has 6 rings (SSSR count). The highest BCUT2D eigenvalue weighted by Crippen LogP contribution is 2.44. The number of halogens is 1. The number of hydrogen-bond acceptors (Lipinski definition) is 7. The summed E-state index contributed by atoms with van der Waals surface area (Å²) in [7, 11) is -3.25. The maximum absolute atomic E-state index is 14.2. The van der Waals surface area contributed by atoms with Gasteiger partial charge in [0, 0.05) is 57.4 Å². The molecule has 43 heavy (non-hydrogen) atoms. The van der Waals surface area contributed by atoms with Gasteiger partial charge in [-0.1, -0.05) is 42.5 Å². The summed E-state index contributed by atoms with van der Waals surface area (Å²) < 4.78 is 29.2. The number of nitrogens with one attached hydrogen (secondary N) is 1. The number of carbonyl (C=O) groups is 2. The highest BCUT2D eigenvalue weighted by atomic mass is 35.5. The lowest BCUT2D eigenvalue weighted by Gasteiger charge is -2.45. The van der Waals surface area contributed by atoms with Gasteiger partial charge in [0.05, 0.1) is 29.6 Å². The van der Waals surface area contributed by atoms with Gasteiger partial charge in [0.1, 0.15) is 0 Å². The van der Waals surface area contributed by atoms with Crippen LogP contribution in [-0.4, -0.2) is 106 Å². The predicted octanol–water partition coefficient (Wildman–Crippen LogP) is 2.56. The third-order valence-corrected chi connectivity index (χ3v) is 11.1. The molecule has 3 atom stereocenters. The van der Waals surface area contributed by atoms with Crippen LogP contribution in [0.4, 0.5) is 0 Å². The lowest BCUT2D eigenvalue weighted by molar-refractivity contribution is -0.146. The molecule has 0 radical (unpaired) electrons. The van der Waals surface area contributed by atoms with Gasteiger partial charge in [-0.2, -0.15) is 0 Å². The molecule has 2 aromatic rings. The highest BCUT2D eigenvalue weighted by molar-refractivity contribution is 7.90. The number of sulfone groups is 1.